The largest absolute Gasteiger partial charge is 0.468 e. The summed E-state index contributed by atoms with van der Waals surface area (Å²) in [6.07, 6.45) is 3.62. The molecule has 7 heteroatoms. The summed E-state index contributed by atoms with van der Waals surface area (Å²) in [5.41, 5.74) is 0.0869. The SMILES string of the molecule is CCOC(=O)/C=C/C(=C/NCC(=O)OC)C(=O)OCC. The van der Waals surface area contributed by atoms with Gasteiger partial charge in [0.05, 0.1) is 25.9 Å². The molecule has 0 unspecified atom stereocenters. The first-order chi connectivity index (χ1) is 9.54. The van der Waals surface area contributed by atoms with E-state index in [9.17, 15) is 14.4 Å². The van der Waals surface area contributed by atoms with Crippen molar-refractivity contribution in [3.63, 3.8) is 0 Å². The first kappa shape index (κ1) is 17.7. The summed E-state index contributed by atoms with van der Waals surface area (Å²) < 4.78 is 13.9. The second kappa shape index (κ2) is 10.6. The van der Waals surface area contributed by atoms with Crippen molar-refractivity contribution in [2.45, 2.75) is 13.8 Å². The molecule has 0 aromatic rings. The number of hydrogen-bond donors (Lipinski definition) is 1. The van der Waals surface area contributed by atoms with Gasteiger partial charge in [-0.15, -0.1) is 0 Å². The van der Waals surface area contributed by atoms with Gasteiger partial charge in [-0.3, -0.25) is 4.79 Å². The number of nitrogens with one attached hydrogen (secondary N) is 1. The number of methoxy groups -OCH3 is 1. The summed E-state index contributed by atoms with van der Waals surface area (Å²) in [4.78, 5) is 33.7. The van der Waals surface area contributed by atoms with E-state index in [1.54, 1.807) is 13.8 Å². The van der Waals surface area contributed by atoms with Gasteiger partial charge in [0, 0.05) is 12.3 Å². The minimum atomic E-state index is -0.620. The highest BCUT2D eigenvalue weighted by atomic mass is 16.5. The summed E-state index contributed by atoms with van der Waals surface area (Å²) in [6.45, 7) is 3.66. The lowest BCUT2D eigenvalue weighted by Gasteiger charge is -2.04. The van der Waals surface area contributed by atoms with Crippen LogP contribution in [0.15, 0.2) is 23.9 Å². The van der Waals surface area contributed by atoms with Gasteiger partial charge in [-0.25, -0.2) is 9.59 Å². The van der Waals surface area contributed by atoms with Crippen molar-refractivity contribution in [2.24, 2.45) is 0 Å². The van der Waals surface area contributed by atoms with Crippen LogP contribution in [-0.2, 0) is 28.6 Å². The molecule has 0 radical (unpaired) electrons. The Morgan fingerprint density at radius 3 is 2.25 bits per heavy atom. The van der Waals surface area contributed by atoms with Gasteiger partial charge in [0.15, 0.2) is 0 Å². The highest BCUT2D eigenvalue weighted by molar-refractivity contribution is 5.94. The maximum Gasteiger partial charge on any atom is 0.339 e. The number of hydrogen-bond acceptors (Lipinski definition) is 7. The third-order valence-electron chi connectivity index (χ3n) is 1.93. The van der Waals surface area contributed by atoms with Gasteiger partial charge >= 0.3 is 17.9 Å². The van der Waals surface area contributed by atoms with Gasteiger partial charge in [-0.05, 0) is 19.9 Å². The zero-order chi connectivity index (χ0) is 15.4. The summed E-state index contributed by atoms with van der Waals surface area (Å²) >= 11 is 0. The van der Waals surface area contributed by atoms with Crippen LogP contribution in [0.25, 0.3) is 0 Å². The maximum absolute atomic E-state index is 11.6. The number of carbonyl (C=O) groups excluding carboxylic acids is 3. The van der Waals surface area contributed by atoms with Gasteiger partial charge in [0.25, 0.3) is 0 Å². The smallest absolute Gasteiger partial charge is 0.339 e. The van der Waals surface area contributed by atoms with Gasteiger partial charge in [-0.2, -0.15) is 0 Å². The van der Waals surface area contributed by atoms with Crippen LogP contribution in [0.5, 0.6) is 0 Å². The molecule has 0 heterocycles. The third kappa shape index (κ3) is 7.91. The highest BCUT2D eigenvalue weighted by Gasteiger charge is 2.08. The Balaban J connectivity index is 4.71. The molecule has 0 saturated heterocycles. The van der Waals surface area contributed by atoms with Crippen molar-refractivity contribution in [3.8, 4) is 0 Å². The van der Waals surface area contributed by atoms with E-state index in [2.05, 4.69) is 10.1 Å². The average Bonchev–Trinajstić information content (AvgIpc) is 2.42. The Morgan fingerprint density at radius 2 is 1.70 bits per heavy atom. The molecular formula is C13H19NO6. The molecule has 112 valence electrons. The first-order valence-electron chi connectivity index (χ1n) is 6.07. The molecule has 0 amide bonds. The molecular weight excluding hydrogens is 266 g/mol. The molecule has 1 N–H and O–H groups in total. The Morgan fingerprint density at radius 1 is 1.05 bits per heavy atom. The van der Waals surface area contributed by atoms with Gasteiger partial charge in [0.2, 0.25) is 0 Å². The highest BCUT2D eigenvalue weighted by Crippen LogP contribution is 2.00. The molecule has 0 aromatic carbocycles. The number of ether oxygens (including phenoxy) is 3. The summed E-state index contributed by atoms with van der Waals surface area (Å²) in [5.74, 6) is -1.68. The van der Waals surface area contributed by atoms with E-state index in [0.717, 1.165) is 6.08 Å². The van der Waals surface area contributed by atoms with Crippen molar-refractivity contribution in [2.75, 3.05) is 26.9 Å². The van der Waals surface area contributed by atoms with Crippen LogP contribution >= 0.6 is 0 Å². The van der Waals surface area contributed by atoms with Crippen LogP contribution in [0.2, 0.25) is 0 Å². The molecule has 0 fully saturated rings. The molecule has 0 aliphatic heterocycles. The second-order valence-electron chi connectivity index (χ2n) is 3.36. The minimum absolute atomic E-state index is 0.0869. The van der Waals surface area contributed by atoms with Gasteiger partial charge < -0.3 is 19.5 Å². The van der Waals surface area contributed by atoms with E-state index in [0.29, 0.717) is 0 Å². The standard InChI is InChI=1S/C13H19NO6/c1-4-19-11(15)7-6-10(13(17)20-5-2)8-14-9-12(16)18-3/h6-8,14H,4-5,9H2,1-3H3/b7-6+,10-8-. The van der Waals surface area contributed by atoms with Crippen LogP contribution in [-0.4, -0.2) is 44.8 Å². The van der Waals surface area contributed by atoms with E-state index in [4.69, 9.17) is 9.47 Å². The molecule has 0 saturated carbocycles. The number of carbonyl (C=O) groups is 3. The fourth-order valence-electron chi connectivity index (χ4n) is 1.05. The third-order valence-corrected chi connectivity index (χ3v) is 1.93. The fraction of sp³-hybridized carbons (Fsp3) is 0.462. The topological polar surface area (TPSA) is 90.9 Å². The zero-order valence-corrected chi connectivity index (χ0v) is 11.8. The van der Waals surface area contributed by atoms with Crippen LogP contribution in [0.4, 0.5) is 0 Å². The molecule has 7 nitrogen and oxygen atoms in total. The molecule has 0 aliphatic carbocycles. The quantitative estimate of drug-likeness (QED) is 0.297. The van der Waals surface area contributed by atoms with E-state index < -0.39 is 17.9 Å². The van der Waals surface area contributed by atoms with Crippen LogP contribution in [0.3, 0.4) is 0 Å². The van der Waals surface area contributed by atoms with Crippen molar-refractivity contribution >= 4 is 17.9 Å². The Kier molecular flexibility index (Phi) is 9.37. The maximum atomic E-state index is 11.6. The lowest BCUT2D eigenvalue weighted by Crippen LogP contribution is -2.20. The molecule has 0 rings (SSSR count). The number of rotatable bonds is 8. The first-order valence-corrected chi connectivity index (χ1v) is 6.07. The van der Waals surface area contributed by atoms with E-state index >= 15 is 0 Å². The predicted molar refractivity (Wildman–Crippen MR) is 70.5 cm³/mol. The summed E-state index contributed by atoms with van der Waals surface area (Å²) in [7, 11) is 1.25. The van der Waals surface area contributed by atoms with Gasteiger partial charge in [0.1, 0.15) is 6.54 Å². The Labute approximate surface area is 117 Å². The van der Waals surface area contributed by atoms with Crippen molar-refractivity contribution in [1.29, 1.82) is 0 Å². The normalized spacial score (nSPS) is 11.1. The summed E-state index contributed by atoms with van der Waals surface area (Å²) in [5, 5.41) is 2.59. The van der Waals surface area contributed by atoms with Crippen molar-refractivity contribution in [1.82, 2.24) is 5.32 Å². The van der Waals surface area contributed by atoms with E-state index in [1.807, 2.05) is 0 Å². The Hall–Kier alpha value is -2.31. The van der Waals surface area contributed by atoms with E-state index in [-0.39, 0.29) is 25.3 Å². The van der Waals surface area contributed by atoms with Gasteiger partial charge in [-0.1, -0.05) is 0 Å². The molecule has 0 aliphatic rings. The molecule has 0 bridgehead atoms. The van der Waals surface area contributed by atoms with Crippen LogP contribution in [0, 0.1) is 0 Å². The van der Waals surface area contributed by atoms with E-state index in [1.165, 1.54) is 19.4 Å². The number of esters is 3. The monoisotopic (exact) mass is 285 g/mol. The lowest BCUT2D eigenvalue weighted by atomic mass is 10.2. The molecule has 0 spiro atoms. The van der Waals surface area contributed by atoms with Crippen molar-refractivity contribution < 1.29 is 28.6 Å². The summed E-state index contributed by atoms with van der Waals surface area (Å²) in [6, 6.07) is 0. The zero-order valence-electron chi connectivity index (χ0n) is 11.8. The average molecular weight is 285 g/mol. The fourth-order valence-corrected chi connectivity index (χ4v) is 1.05. The lowest BCUT2D eigenvalue weighted by molar-refractivity contribution is -0.140. The molecule has 20 heavy (non-hydrogen) atoms. The van der Waals surface area contributed by atoms with Crippen molar-refractivity contribution in [3.05, 3.63) is 23.9 Å². The second-order valence-corrected chi connectivity index (χ2v) is 3.36. The molecule has 0 aromatic heterocycles. The Bertz CT molecular complexity index is 400. The minimum Gasteiger partial charge on any atom is -0.468 e. The van der Waals surface area contributed by atoms with Crippen LogP contribution < -0.4 is 5.32 Å². The predicted octanol–water partition coefficient (Wildman–Crippen LogP) is 0.315. The van der Waals surface area contributed by atoms with Crippen LogP contribution in [0.1, 0.15) is 13.8 Å². The molecule has 0 atom stereocenters.